The predicted octanol–water partition coefficient (Wildman–Crippen LogP) is 4.01. The zero-order valence-electron chi connectivity index (χ0n) is 11.0. The standard InChI is InChI=1S/C15H16O3S2/c16-15(17)14-12(9-19-8-10-4-3-7-18-10)11-5-1-2-6-13(11)20-14/h1-2,5-6,10H,3-4,7-9H2,(H,16,17). The summed E-state index contributed by atoms with van der Waals surface area (Å²) < 4.78 is 6.66. The van der Waals surface area contributed by atoms with Gasteiger partial charge in [0, 0.05) is 22.8 Å². The minimum Gasteiger partial charge on any atom is -0.477 e. The van der Waals surface area contributed by atoms with Gasteiger partial charge in [-0.2, -0.15) is 11.8 Å². The molecular weight excluding hydrogens is 292 g/mol. The number of ether oxygens (including phenoxy) is 1. The van der Waals surface area contributed by atoms with E-state index in [1.807, 2.05) is 24.3 Å². The van der Waals surface area contributed by atoms with Crippen LogP contribution in [0, 0.1) is 0 Å². The molecule has 3 rings (SSSR count). The Labute approximate surface area is 125 Å². The second-order valence-corrected chi connectivity index (χ2v) is 6.94. The van der Waals surface area contributed by atoms with Crippen LogP contribution in [0.4, 0.5) is 0 Å². The lowest BCUT2D eigenvalue weighted by Crippen LogP contribution is -2.08. The average molecular weight is 308 g/mol. The van der Waals surface area contributed by atoms with Gasteiger partial charge in [0.2, 0.25) is 0 Å². The molecule has 1 aliphatic heterocycles. The quantitative estimate of drug-likeness (QED) is 0.906. The molecule has 3 nitrogen and oxygen atoms in total. The Morgan fingerprint density at radius 1 is 1.45 bits per heavy atom. The Hall–Kier alpha value is -1.04. The summed E-state index contributed by atoms with van der Waals surface area (Å²) in [5.74, 6) is 0.869. The number of carboxylic acid groups (broad SMARTS) is 1. The molecule has 1 saturated heterocycles. The van der Waals surface area contributed by atoms with Gasteiger partial charge < -0.3 is 9.84 Å². The van der Waals surface area contributed by atoms with E-state index < -0.39 is 5.97 Å². The molecule has 0 aliphatic carbocycles. The van der Waals surface area contributed by atoms with E-state index in [0.717, 1.165) is 46.6 Å². The number of benzene rings is 1. The van der Waals surface area contributed by atoms with Crippen molar-refractivity contribution >= 4 is 39.2 Å². The summed E-state index contributed by atoms with van der Waals surface area (Å²) in [7, 11) is 0. The van der Waals surface area contributed by atoms with Gasteiger partial charge in [0.05, 0.1) is 6.10 Å². The number of hydrogen-bond acceptors (Lipinski definition) is 4. The van der Waals surface area contributed by atoms with Crippen LogP contribution in [0.2, 0.25) is 0 Å². The number of rotatable bonds is 5. The molecule has 0 bridgehead atoms. The third kappa shape index (κ3) is 2.85. The molecule has 106 valence electrons. The first-order valence-corrected chi connectivity index (χ1v) is 8.66. The molecular formula is C15H16O3S2. The monoisotopic (exact) mass is 308 g/mol. The highest BCUT2D eigenvalue weighted by atomic mass is 32.2. The first kappa shape index (κ1) is 13.9. The highest BCUT2D eigenvalue weighted by Gasteiger charge is 2.19. The molecule has 1 aromatic carbocycles. The number of carboxylic acids is 1. The first-order chi connectivity index (χ1) is 9.75. The van der Waals surface area contributed by atoms with Gasteiger partial charge in [-0.05, 0) is 29.9 Å². The van der Waals surface area contributed by atoms with Crippen molar-refractivity contribution < 1.29 is 14.6 Å². The Kier molecular flexibility index (Phi) is 4.29. The van der Waals surface area contributed by atoms with Gasteiger partial charge in [0.15, 0.2) is 0 Å². The molecule has 1 atom stereocenters. The molecule has 5 heteroatoms. The van der Waals surface area contributed by atoms with Crippen molar-refractivity contribution in [3.8, 4) is 0 Å². The van der Waals surface area contributed by atoms with E-state index in [-0.39, 0.29) is 0 Å². The maximum absolute atomic E-state index is 11.4. The summed E-state index contributed by atoms with van der Waals surface area (Å²) in [6.07, 6.45) is 2.62. The van der Waals surface area contributed by atoms with E-state index in [1.54, 1.807) is 11.8 Å². The van der Waals surface area contributed by atoms with Crippen LogP contribution in [0.3, 0.4) is 0 Å². The number of aromatic carboxylic acids is 1. The molecule has 1 unspecified atom stereocenters. The van der Waals surface area contributed by atoms with Gasteiger partial charge in [0.25, 0.3) is 0 Å². The largest absolute Gasteiger partial charge is 0.477 e. The van der Waals surface area contributed by atoms with Crippen molar-refractivity contribution in [3.63, 3.8) is 0 Å². The van der Waals surface area contributed by atoms with E-state index >= 15 is 0 Å². The van der Waals surface area contributed by atoms with E-state index in [4.69, 9.17) is 4.74 Å². The van der Waals surface area contributed by atoms with Gasteiger partial charge in [-0.3, -0.25) is 0 Å². The molecule has 0 saturated carbocycles. The number of thioether (sulfide) groups is 1. The van der Waals surface area contributed by atoms with Crippen LogP contribution < -0.4 is 0 Å². The summed E-state index contributed by atoms with van der Waals surface area (Å²) in [6, 6.07) is 7.92. The number of fused-ring (bicyclic) bond motifs is 1. The number of carbonyl (C=O) groups is 1. The van der Waals surface area contributed by atoms with Crippen molar-refractivity contribution in [3.05, 3.63) is 34.7 Å². The molecule has 0 radical (unpaired) electrons. The highest BCUT2D eigenvalue weighted by molar-refractivity contribution is 7.98. The van der Waals surface area contributed by atoms with Crippen molar-refractivity contribution in [2.45, 2.75) is 24.7 Å². The molecule has 2 aromatic rings. The maximum Gasteiger partial charge on any atom is 0.346 e. The van der Waals surface area contributed by atoms with Crippen LogP contribution in [0.15, 0.2) is 24.3 Å². The maximum atomic E-state index is 11.4. The van der Waals surface area contributed by atoms with E-state index in [9.17, 15) is 9.90 Å². The summed E-state index contributed by atoms with van der Waals surface area (Å²) in [5.41, 5.74) is 0.959. The van der Waals surface area contributed by atoms with Crippen LogP contribution in [0.1, 0.15) is 28.1 Å². The average Bonchev–Trinajstić information content (AvgIpc) is 3.07. The topological polar surface area (TPSA) is 46.5 Å². The first-order valence-electron chi connectivity index (χ1n) is 6.69. The lowest BCUT2D eigenvalue weighted by atomic mass is 10.1. The van der Waals surface area contributed by atoms with Crippen LogP contribution in [-0.2, 0) is 10.5 Å². The molecule has 0 amide bonds. The second-order valence-electron chi connectivity index (χ2n) is 4.86. The molecule has 1 aromatic heterocycles. The minimum absolute atomic E-state index is 0.346. The van der Waals surface area contributed by atoms with Crippen LogP contribution in [0.25, 0.3) is 10.1 Å². The van der Waals surface area contributed by atoms with Crippen molar-refractivity contribution in [1.29, 1.82) is 0 Å². The van der Waals surface area contributed by atoms with E-state index in [1.165, 1.54) is 11.3 Å². The lowest BCUT2D eigenvalue weighted by Gasteiger charge is -2.08. The fourth-order valence-electron chi connectivity index (χ4n) is 2.48. The molecule has 0 spiro atoms. The summed E-state index contributed by atoms with van der Waals surface area (Å²) >= 11 is 3.14. The summed E-state index contributed by atoms with van der Waals surface area (Å²) in [4.78, 5) is 11.9. The summed E-state index contributed by atoms with van der Waals surface area (Å²) in [5, 5.41) is 10.4. The SMILES string of the molecule is O=C(O)c1sc2ccccc2c1CSCC1CCCO1. The van der Waals surface area contributed by atoms with Gasteiger partial charge in [-0.25, -0.2) is 4.79 Å². The van der Waals surface area contributed by atoms with Crippen LogP contribution in [0.5, 0.6) is 0 Å². The predicted molar refractivity (Wildman–Crippen MR) is 83.9 cm³/mol. The smallest absolute Gasteiger partial charge is 0.346 e. The van der Waals surface area contributed by atoms with Crippen molar-refractivity contribution in [2.75, 3.05) is 12.4 Å². The fourth-order valence-corrected chi connectivity index (χ4v) is 4.78. The molecule has 20 heavy (non-hydrogen) atoms. The lowest BCUT2D eigenvalue weighted by molar-refractivity contribution is 0.0701. The van der Waals surface area contributed by atoms with Gasteiger partial charge in [-0.1, -0.05) is 18.2 Å². The van der Waals surface area contributed by atoms with Crippen LogP contribution >= 0.6 is 23.1 Å². The van der Waals surface area contributed by atoms with Crippen LogP contribution in [-0.4, -0.2) is 29.5 Å². The second kappa shape index (κ2) is 6.16. The van der Waals surface area contributed by atoms with Gasteiger partial charge >= 0.3 is 5.97 Å². The Balaban J connectivity index is 1.78. The number of thiophene rings is 1. The fraction of sp³-hybridized carbons (Fsp3) is 0.400. The van der Waals surface area contributed by atoms with Gasteiger partial charge in [-0.15, -0.1) is 11.3 Å². The zero-order valence-corrected chi connectivity index (χ0v) is 12.6. The zero-order chi connectivity index (χ0) is 13.9. The summed E-state index contributed by atoms with van der Waals surface area (Å²) in [6.45, 7) is 0.868. The van der Waals surface area contributed by atoms with Gasteiger partial charge in [0.1, 0.15) is 4.88 Å². The third-order valence-electron chi connectivity index (χ3n) is 3.47. The van der Waals surface area contributed by atoms with Crippen molar-refractivity contribution in [2.24, 2.45) is 0 Å². The minimum atomic E-state index is -0.820. The molecule has 1 aliphatic rings. The molecule has 1 fully saturated rings. The van der Waals surface area contributed by atoms with E-state index in [2.05, 4.69) is 0 Å². The molecule has 2 heterocycles. The Morgan fingerprint density at radius 2 is 2.30 bits per heavy atom. The Bertz CT molecular complexity index is 615. The Morgan fingerprint density at radius 3 is 3.05 bits per heavy atom. The highest BCUT2D eigenvalue weighted by Crippen LogP contribution is 2.34. The number of hydrogen-bond donors (Lipinski definition) is 1. The molecule has 1 N–H and O–H groups in total. The van der Waals surface area contributed by atoms with Crippen molar-refractivity contribution in [1.82, 2.24) is 0 Å². The normalized spacial score (nSPS) is 18.7. The third-order valence-corrected chi connectivity index (χ3v) is 5.77. The van der Waals surface area contributed by atoms with E-state index in [0.29, 0.717) is 11.0 Å².